The summed E-state index contributed by atoms with van der Waals surface area (Å²) in [4.78, 5) is 25.9. The van der Waals surface area contributed by atoms with E-state index in [4.69, 9.17) is 4.74 Å². The molecule has 0 aromatic carbocycles. The van der Waals surface area contributed by atoms with Crippen LogP contribution < -0.4 is 10.6 Å². The Morgan fingerprint density at radius 3 is 2.47 bits per heavy atom. The Kier molecular flexibility index (Phi) is 2.68. The molecular weight excluding hydrogens is 198 g/mol. The predicted molar refractivity (Wildman–Crippen MR) is 52.2 cm³/mol. The average Bonchev–Trinajstić information content (AvgIpc) is 2.76. The van der Waals surface area contributed by atoms with Gasteiger partial charge in [0.2, 0.25) is 5.96 Å². The van der Waals surface area contributed by atoms with E-state index >= 15 is 0 Å². The van der Waals surface area contributed by atoms with Crippen LogP contribution in [0.1, 0.15) is 19.3 Å². The third-order valence-corrected chi connectivity index (χ3v) is 2.67. The van der Waals surface area contributed by atoms with Crippen LogP contribution in [0, 0.1) is 0 Å². The van der Waals surface area contributed by atoms with Crippen molar-refractivity contribution in [1.82, 2.24) is 10.6 Å². The van der Waals surface area contributed by atoms with Crippen LogP contribution in [0.25, 0.3) is 0 Å². The normalized spacial score (nSPS) is 30.3. The molecule has 2 fully saturated rings. The van der Waals surface area contributed by atoms with E-state index in [0.29, 0.717) is 0 Å². The lowest BCUT2D eigenvalue weighted by molar-refractivity contribution is -0.135. The van der Waals surface area contributed by atoms with Crippen LogP contribution in [-0.2, 0) is 14.3 Å². The van der Waals surface area contributed by atoms with Crippen LogP contribution in [0.15, 0.2) is 4.99 Å². The van der Waals surface area contributed by atoms with E-state index in [1.807, 2.05) is 0 Å². The molecule has 2 N–H and O–H groups in total. The van der Waals surface area contributed by atoms with Crippen LogP contribution >= 0.6 is 0 Å². The van der Waals surface area contributed by atoms with Gasteiger partial charge in [0.15, 0.2) is 0 Å². The van der Waals surface area contributed by atoms with Crippen molar-refractivity contribution in [3.8, 4) is 0 Å². The number of hydrogen-bond donors (Lipinski definition) is 2. The first-order chi connectivity index (χ1) is 7.19. The lowest BCUT2D eigenvalue weighted by Gasteiger charge is -2.06. The number of carbonyl (C=O) groups is 2. The highest BCUT2D eigenvalue weighted by molar-refractivity contribution is 6.45. The fourth-order valence-corrected chi connectivity index (χ4v) is 1.86. The summed E-state index contributed by atoms with van der Waals surface area (Å²) < 4.78 is 5.20. The molecule has 2 rings (SSSR count). The maximum Gasteiger partial charge on any atom is 0.316 e. The van der Waals surface area contributed by atoms with Gasteiger partial charge in [-0.3, -0.25) is 20.2 Å². The summed E-state index contributed by atoms with van der Waals surface area (Å²) in [7, 11) is 1.68. The second-order valence-corrected chi connectivity index (χ2v) is 3.71. The number of ether oxygens (including phenoxy) is 1. The van der Waals surface area contributed by atoms with Gasteiger partial charge >= 0.3 is 11.8 Å². The van der Waals surface area contributed by atoms with E-state index in [2.05, 4.69) is 15.6 Å². The van der Waals surface area contributed by atoms with E-state index in [1.165, 1.54) is 0 Å². The van der Waals surface area contributed by atoms with Crippen LogP contribution in [0.4, 0.5) is 0 Å². The highest BCUT2D eigenvalue weighted by Gasteiger charge is 2.29. The highest BCUT2D eigenvalue weighted by Crippen LogP contribution is 2.24. The van der Waals surface area contributed by atoms with Crippen molar-refractivity contribution >= 4 is 17.8 Å². The van der Waals surface area contributed by atoms with Gasteiger partial charge in [-0.25, -0.2) is 4.99 Å². The topological polar surface area (TPSA) is 79.8 Å². The van der Waals surface area contributed by atoms with E-state index in [-0.39, 0.29) is 18.1 Å². The van der Waals surface area contributed by atoms with Gasteiger partial charge in [0.1, 0.15) is 0 Å². The van der Waals surface area contributed by atoms with Crippen LogP contribution in [0.3, 0.4) is 0 Å². The molecule has 1 saturated heterocycles. The average molecular weight is 211 g/mol. The van der Waals surface area contributed by atoms with Crippen molar-refractivity contribution in [3.05, 3.63) is 0 Å². The first kappa shape index (κ1) is 10.1. The molecule has 2 atom stereocenters. The number of aliphatic imine (C=N–C) groups is 1. The van der Waals surface area contributed by atoms with Gasteiger partial charge in [0, 0.05) is 7.11 Å². The maximum absolute atomic E-state index is 10.9. The number of rotatable bonds is 2. The molecule has 0 aromatic rings. The zero-order chi connectivity index (χ0) is 10.8. The van der Waals surface area contributed by atoms with Crippen molar-refractivity contribution in [2.24, 2.45) is 4.99 Å². The van der Waals surface area contributed by atoms with E-state index in [0.717, 1.165) is 19.3 Å². The Balaban J connectivity index is 1.94. The molecule has 82 valence electrons. The van der Waals surface area contributed by atoms with Gasteiger partial charge in [-0.05, 0) is 19.3 Å². The van der Waals surface area contributed by atoms with Gasteiger partial charge in [0.05, 0.1) is 12.1 Å². The molecule has 0 spiro atoms. The number of carbonyl (C=O) groups excluding carboxylic acids is 2. The first-order valence-corrected chi connectivity index (χ1v) is 4.92. The lowest BCUT2D eigenvalue weighted by atomic mass is 10.3. The fraction of sp³-hybridized carbons (Fsp3) is 0.667. The second kappa shape index (κ2) is 3.98. The Morgan fingerprint density at radius 1 is 1.27 bits per heavy atom. The minimum atomic E-state index is -0.643. The first-order valence-electron chi connectivity index (χ1n) is 4.92. The minimum Gasteiger partial charge on any atom is -0.381 e. The van der Waals surface area contributed by atoms with Gasteiger partial charge in [0.25, 0.3) is 0 Å². The number of nitrogens with zero attached hydrogens (tertiary/aromatic N) is 1. The zero-order valence-corrected chi connectivity index (χ0v) is 8.45. The molecule has 15 heavy (non-hydrogen) atoms. The SMILES string of the molecule is COC1CCC(N=C2NC(=O)C(=O)N2)C1. The molecule has 2 amide bonds. The number of nitrogens with one attached hydrogen (secondary N) is 2. The van der Waals surface area contributed by atoms with Crippen LogP contribution in [0.2, 0.25) is 0 Å². The molecule has 0 bridgehead atoms. The molecule has 1 saturated carbocycles. The summed E-state index contributed by atoms with van der Waals surface area (Å²) in [5.74, 6) is -1.02. The number of hydrogen-bond acceptors (Lipinski definition) is 4. The van der Waals surface area contributed by atoms with Crippen molar-refractivity contribution in [2.75, 3.05) is 7.11 Å². The Morgan fingerprint density at radius 2 is 1.93 bits per heavy atom. The van der Waals surface area contributed by atoms with Crippen molar-refractivity contribution < 1.29 is 14.3 Å². The van der Waals surface area contributed by atoms with Crippen molar-refractivity contribution in [1.29, 1.82) is 0 Å². The molecule has 0 aromatic heterocycles. The van der Waals surface area contributed by atoms with Gasteiger partial charge in [-0.15, -0.1) is 0 Å². The molecule has 1 aliphatic carbocycles. The van der Waals surface area contributed by atoms with E-state index < -0.39 is 11.8 Å². The fourth-order valence-electron chi connectivity index (χ4n) is 1.86. The smallest absolute Gasteiger partial charge is 0.316 e. The Hall–Kier alpha value is -1.43. The van der Waals surface area contributed by atoms with Crippen molar-refractivity contribution in [3.63, 3.8) is 0 Å². The minimum absolute atomic E-state index is 0.128. The van der Waals surface area contributed by atoms with Crippen LogP contribution in [-0.4, -0.2) is 37.0 Å². The highest BCUT2D eigenvalue weighted by atomic mass is 16.5. The molecule has 0 radical (unpaired) electrons. The van der Waals surface area contributed by atoms with Gasteiger partial charge in [-0.2, -0.15) is 0 Å². The molecule has 1 heterocycles. The number of methoxy groups -OCH3 is 1. The Bertz CT molecular complexity index is 309. The zero-order valence-electron chi connectivity index (χ0n) is 8.45. The third-order valence-electron chi connectivity index (χ3n) is 2.67. The summed E-state index contributed by atoms with van der Waals surface area (Å²) in [6.45, 7) is 0. The van der Waals surface area contributed by atoms with Gasteiger partial charge < -0.3 is 4.74 Å². The third kappa shape index (κ3) is 2.15. The summed E-state index contributed by atoms with van der Waals surface area (Å²) in [6.07, 6.45) is 2.98. The summed E-state index contributed by atoms with van der Waals surface area (Å²) in [5.41, 5.74) is 0. The molecule has 2 unspecified atom stereocenters. The monoisotopic (exact) mass is 211 g/mol. The summed E-state index contributed by atoms with van der Waals surface area (Å²) >= 11 is 0. The number of amides is 2. The summed E-state index contributed by atoms with van der Waals surface area (Å²) in [6, 6.07) is 0.128. The standard InChI is InChI=1S/C9H13N3O3/c1-15-6-3-2-5(4-6)10-9-11-7(13)8(14)12-9/h5-6H,2-4H2,1H3,(H2,10,11,12,13,14). The molecular formula is C9H13N3O3. The molecule has 2 aliphatic rings. The molecule has 6 nitrogen and oxygen atoms in total. The van der Waals surface area contributed by atoms with E-state index in [9.17, 15) is 9.59 Å². The van der Waals surface area contributed by atoms with Crippen LogP contribution in [0.5, 0.6) is 0 Å². The predicted octanol–water partition coefficient (Wildman–Crippen LogP) is -0.844. The van der Waals surface area contributed by atoms with E-state index in [1.54, 1.807) is 7.11 Å². The Labute approximate surface area is 87.1 Å². The van der Waals surface area contributed by atoms with Gasteiger partial charge in [-0.1, -0.05) is 0 Å². The lowest BCUT2D eigenvalue weighted by Crippen LogP contribution is -2.27. The molecule has 1 aliphatic heterocycles. The number of guanidine groups is 1. The summed E-state index contributed by atoms with van der Waals surface area (Å²) in [5, 5.41) is 4.75. The molecule has 6 heteroatoms. The van der Waals surface area contributed by atoms with Crippen molar-refractivity contribution in [2.45, 2.75) is 31.4 Å². The second-order valence-electron chi connectivity index (χ2n) is 3.71. The largest absolute Gasteiger partial charge is 0.381 e. The maximum atomic E-state index is 10.9. The quantitative estimate of drug-likeness (QED) is 0.584.